The Hall–Kier alpha value is -2.92. The predicted octanol–water partition coefficient (Wildman–Crippen LogP) is 4.87. The van der Waals surface area contributed by atoms with Crippen LogP contribution in [0, 0.1) is 5.82 Å². The highest BCUT2D eigenvalue weighted by Gasteiger charge is 2.11. The molecule has 24 heavy (non-hydrogen) atoms. The van der Waals surface area contributed by atoms with E-state index in [1.165, 1.54) is 18.3 Å². The number of anilines is 3. The minimum absolute atomic E-state index is 0.105. The van der Waals surface area contributed by atoms with Crippen molar-refractivity contribution in [2.75, 3.05) is 10.6 Å². The number of aromatic nitrogens is 1. The molecular formula is C18H13ClFN3O. The maximum Gasteiger partial charge on any atom is 0.274 e. The van der Waals surface area contributed by atoms with Gasteiger partial charge in [-0.1, -0.05) is 35.9 Å². The molecule has 1 heterocycles. The predicted molar refractivity (Wildman–Crippen MR) is 93.3 cm³/mol. The third kappa shape index (κ3) is 3.70. The van der Waals surface area contributed by atoms with Crippen molar-refractivity contribution in [1.29, 1.82) is 0 Å². The van der Waals surface area contributed by atoms with E-state index >= 15 is 0 Å². The fourth-order valence-corrected chi connectivity index (χ4v) is 2.28. The van der Waals surface area contributed by atoms with Gasteiger partial charge in [0.15, 0.2) is 0 Å². The quantitative estimate of drug-likeness (QED) is 0.711. The molecule has 0 bridgehead atoms. The molecule has 4 nitrogen and oxygen atoms in total. The molecule has 0 fully saturated rings. The molecule has 2 N–H and O–H groups in total. The average Bonchev–Trinajstić information content (AvgIpc) is 2.59. The maximum atomic E-state index is 13.6. The Morgan fingerprint density at radius 3 is 2.46 bits per heavy atom. The number of halogens is 2. The summed E-state index contributed by atoms with van der Waals surface area (Å²) < 4.78 is 13.6. The normalized spacial score (nSPS) is 10.2. The molecule has 3 aromatic rings. The SMILES string of the molecule is O=C(Nc1ccccc1F)c1cc(Nc2ccccc2Cl)ccn1. The first-order valence-electron chi connectivity index (χ1n) is 7.17. The van der Waals surface area contributed by atoms with E-state index in [0.29, 0.717) is 16.4 Å². The Morgan fingerprint density at radius 1 is 1.00 bits per heavy atom. The van der Waals surface area contributed by atoms with Crippen LogP contribution in [-0.4, -0.2) is 10.9 Å². The van der Waals surface area contributed by atoms with Crippen LogP contribution in [0.25, 0.3) is 0 Å². The number of pyridine rings is 1. The fourth-order valence-electron chi connectivity index (χ4n) is 2.10. The van der Waals surface area contributed by atoms with Gasteiger partial charge in [0, 0.05) is 11.9 Å². The fraction of sp³-hybridized carbons (Fsp3) is 0. The lowest BCUT2D eigenvalue weighted by molar-refractivity contribution is 0.102. The largest absolute Gasteiger partial charge is 0.354 e. The lowest BCUT2D eigenvalue weighted by atomic mass is 10.2. The van der Waals surface area contributed by atoms with Crippen LogP contribution in [0.15, 0.2) is 66.9 Å². The van der Waals surface area contributed by atoms with Crippen LogP contribution >= 0.6 is 11.6 Å². The van der Waals surface area contributed by atoms with E-state index in [9.17, 15) is 9.18 Å². The first-order chi connectivity index (χ1) is 11.6. The van der Waals surface area contributed by atoms with E-state index in [4.69, 9.17) is 11.6 Å². The van der Waals surface area contributed by atoms with Crippen LogP contribution in [-0.2, 0) is 0 Å². The van der Waals surface area contributed by atoms with Crippen molar-refractivity contribution in [3.05, 3.63) is 83.4 Å². The topological polar surface area (TPSA) is 54.0 Å². The summed E-state index contributed by atoms with van der Waals surface area (Å²) in [5.41, 5.74) is 1.63. The average molecular weight is 342 g/mol. The smallest absolute Gasteiger partial charge is 0.274 e. The minimum Gasteiger partial charge on any atom is -0.354 e. The number of nitrogens with zero attached hydrogens (tertiary/aromatic N) is 1. The summed E-state index contributed by atoms with van der Waals surface area (Å²) >= 11 is 6.10. The zero-order valence-corrected chi connectivity index (χ0v) is 13.2. The number of hydrogen-bond donors (Lipinski definition) is 2. The lowest BCUT2D eigenvalue weighted by Gasteiger charge is -2.10. The lowest BCUT2D eigenvalue weighted by Crippen LogP contribution is -2.14. The van der Waals surface area contributed by atoms with E-state index < -0.39 is 11.7 Å². The Labute approximate surface area is 143 Å². The highest BCUT2D eigenvalue weighted by Crippen LogP contribution is 2.25. The number of amides is 1. The van der Waals surface area contributed by atoms with Crippen molar-refractivity contribution in [2.45, 2.75) is 0 Å². The summed E-state index contributed by atoms with van der Waals surface area (Å²) in [4.78, 5) is 16.3. The molecule has 0 saturated heterocycles. The summed E-state index contributed by atoms with van der Waals surface area (Å²) in [7, 11) is 0. The zero-order chi connectivity index (χ0) is 16.9. The van der Waals surface area contributed by atoms with Crippen LogP contribution in [0.4, 0.5) is 21.5 Å². The molecule has 120 valence electrons. The number of para-hydroxylation sites is 2. The van der Waals surface area contributed by atoms with Crippen molar-refractivity contribution in [2.24, 2.45) is 0 Å². The Kier molecular flexibility index (Phi) is 4.72. The molecule has 2 aromatic carbocycles. The van der Waals surface area contributed by atoms with Gasteiger partial charge >= 0.3 is 0 Å². The number of rotatable bonds is 4. The first kappa shape index (κ1) is 16.0. The second-order valence-electron chi connectivity index (χ2n) is 4.97. The first-order valence-corrected chi connectivity index (χ1v) is 7.55. The van der Waals surface area contributed by atoms with Crippen LogP contribution in [0.3, 0.4) is 0 Å². The summed E-state index contributed by atoms with van der Waals surface area (Å²) in [5.74, 6) is -1.00. The number of nitrogens with one attached hydrogen (secondary N) is 2. The van der Waals surface area contributed by atoms with E-state index in [2.05, 4.69) is 15.6 Å². The van der Waals surface area contributed by atoms with Gasteiger partial charge in [-0.2, -0.15) is 0 Å². The maximum absolute atomic E-state index is 13.6. The van der Waals surface area contributed by atoms with Gasteiger partial charge in [-0.05, 0) is 36.4 Å². The second-order valence-corrected chi connectivity index (χ2v) is 5.38. The molecular weight excluding hydrogens is 329 g/mol. The van der Waals surface area contributed by atoms with E-state index in [1.54, 1.807) is 30.3 Å². The Morgan fingerprint density at radius 2 is 1.71 bits per heavy atom. The van der Waals surface area contributed by atoms with Crippen LogP contribution < -0.4 is 10.6 Å². The molecule has 0 aliphatic heterocycles. The molecule has 1 amide bonds. The zero-order valence-electron chi connectivity index (χ0n) is 12.5. The van der Waals surface area contributed by atoms with Crippen LogP contribution in [0.5, 0.6) is 0 Å². The number of carbonyl (C=O) groups is 1. The summed E-state index contributed by atoms with van der Waals surface area (Å²) in [6, 6.07) is 16.5. The number of carbonyl (C=O) groups excluding carboxylic acids is 1. The summed E-state index contributed by atoms with van der Waals surface area (Å²) in [6.45, 7) is 0. The van der Waals surface area contributed by atoms with Gasteiger partial charge in [0.25, 0.3) is 5.91 Å². The van der Waals surface area contributed by atoms with Crippen LogP contribution in [0.1, 0.15) is 10.5 Å². The Bertz CT molecular complexity index is 885. The van der Waals surface area contributed by atoms with Gasteiger partial charge < -0.3 is 10.6 Å². The molecule has 0 atom stereocenters. The molecule has 3 rings (SSSR count). The minimum atomic E-state index is -0.504. The summed E-state index contributed by atoms with van der Waals surface area (Å²) in [5, 5.41) is 6.18. The van der Waals surface area contributed by atoms with Crippen molar-refractivity contribution in [1.82, 2.24) is 4.98 Å². The van der Waals surface area contributed by atoms with E-state index in [1.807, 2.05) is 18.2 Å². The molecule has 6 heteroatoms. The Balaban J connectivity index is 1.79. The molecule has 0 saturated carbocycles. The second kappa shape index (κ2) is 7.10. The molecule has 0 aliphatic carbocycles. The third-order valence-electron chi connectivity index (χ3n) is 3.27. The van der Waals surface area contributed by atoms with Gasteiger partial charge in [0.2, 0.25) is 0 Å². The number of hydrogen-bond acceptors (Lipinski definition) is 3. The van der Waals surface area contributed by atoms with Gasteiger partial charge in [-0.3, -0.25) is 9.78 Å². The molecule has 1 aromatic heterocycles. The number of benzene rings is 2. The monoisotopic (exact) mass is 341 g/mol. The molecule has 0 radical (unpaired) electrons. The molecule has 0 unspecified atom stereocenters. The van der Waals surface area contributed by atoms with E-state index in [0.717, 1.165) is 0 Å². The van der Waals surface area contributed by atoms with Crippen molar-refractivity contribution in [3.8, 4) is 0 Å². The van der Waals surface area contributed by atoms with Crippen molar-refractivity contribution in [3.63, 3.8) is 0 Å². The van der Waals surface area contributed by atoms with Crippen molar-refractivity contribution < 1.29 is 9.18 Å². The van der Waals surface area contributed by atoms with Gasteiger partial charge in [0.05, 0.1) is 16.4 Å². The highest BCUT2D eigenvalue weighted by atomic mass is 35.5. The van der Waals surface area contributed by atoms with E-state index in [-0.39, 0.29) is 11.4 Å². The van der Waals surface area contributed by atoms with Gasteiger partial charge in [0.1, 0.15) is 11.5 Å². The molecule has 0 spiro atoms. The van der Waals surface area contributed by atoms with Gasteiger partial charge in [-0.25, -0.2) is 4.39 Å². The highest BCUT2D eigenvalue weighted by molar-refractivity contribution is 6.33. The van der Waals surface area contributed by atoms with Crippen molar-refractivity contribution >= 4 is 34.6 Å². The van der Waals surface area contributed by atoms with Crippen LogP contribution in [0.2, 0.25) is 5.02 Å². The molecule has 0 aliphatic rings. The standard InChI is InChI=1S/C18H13ClFN3O/c19-13-5-1-3-7-15(13)22-12-9-10-21-17(11-12)18(24)23-16-8-4-2-6-14(16)20/h1-11H,(H,21,22)(H,23,24). The van der Waals surface area contributed by atoms with Gasteiger partial charge in [-0.15, -0.1) is 0 Å². The summed E-state index contributed by atoms with van der Waals surface area (Å²) in [6.07, 6.45) is 1.50. The third-order valence-corrected chi connectivity index (χ3v) is 3.60.